The molecule has 4 rings (SSSR count). The minimum atomic E-state index is -0.407. The second-order valence-electron chi connectivity index (χ2n) is 6.34. The lowest BCUT2D eigenvalue weighted by molar-refractivity contribution is -0.118. The largest absolute Gasteiger partial charge is 0.467 e. The highest BCUT2D eigenvalue weighted by molar-refractivity contribution is 7.98. The average Bonchev–Trinajstić information content (AvgIpc) is 3.48. The van der Waals surface area contributed by atoms with Crippen LogP contribution >= 0.6 is 11.8 Å². The molecule has 0 unspecified atom stereocenters. The summed E-state index contributed by atoms with van der Waals surface area (Å²) in [6.45, 7) is 0.418. The first-order valence-corrected chi connectivity index (χ1v) is 10.0. The van der Waals surface area contributed by atoms with E-state index < -0.39 is 5.91 Å². The Hall–Kier alpha value is -3.47. The van der Waals surface area contributed by atoms with E-state index in [0.29, 0.717) is 47.0 Å². The van der Waals surface area contributed by atoms with Gasteiger partial charge in [-0.2, -0.15) is 4.98 Å². The average molecular weight is 428 g/mol. The predicted octanol–water partition coefficient (Wildman–Crippen LogP) is 2.82. The molecule has 0 aliphatic carbocycles. The number of nitrogens with zero attached hydrogens (tertiary/aromatic N) is 5. The fourth-order valence-electron chi connectivity index (χ4n) is 2.72. The molecule has 2 N–H and O–H groups in total. The van der Waals surface area contributed by atoms with E-state index in [1.807, 2.05) is 10.6 Å². The van der Waals surface area contributed by atoms with Crippen LogP contribution in [0.5, 0.6) is 0 Å². The molecule has 1 amide bonds. The van der Waals surface area contributed by atoms with Crippen molar-refractivity contribution in [2.24, 2.45) is 5.73 Å². The first-order chi connectivity index (χ1) is 14.6. The number of furan rings is 1. The summed E-state index contributed by atoms with van der Waals surface area (Å²) in [6, 6.07) is 9.49. The van der Waals surface area contributed by atoms with Crippen molar-refractivity contribution in [2.45, 2.75) is 30.3 Å². The van der Waals surface area contributed by atoms with Gasteiger partial charge in [0.2, 0.25) is 17.6 Å². The maximum absolute atomic E-state index is 13.1. The summed E-state index contributed by atoms with van der Waals surface area (Å²) in [6.07, 6.45) is 2.13. The first kappa shape index (κ1) is 19.8. The van der Waals surface area contributed by atoms with Crippen molar-refractivity contribution in [3.05, 3.63) is 66.0 Å². The van der Waals surface area contributed by atoms with Gasteiger partial charge in [-0.05, 0) is 36.4 Å². The van der Waals surface area contributed by atoms with Crippen molar-refractivity contribution in [3.63, 3.8) is 0 Å². The van der Waals surface area contributed by atoms with Crippen molar-refractivity contribution in [3.8, 4) is 11.4 Å². The fraction of sp³-hybridized carbons (Fsp3) is 0.211. The zero-order valence-electron chi connectivity index (χ0n) is 15.7. The van der Waals surface area contributed by atoms with Gasteiger partial charge in [0.15, 0.2) is 5.16 Å². The summed E-state index contributed by atoms with van der Waals surface area (Å²) in [5, 5.41) is 13.0. The van der Waals surface area contributed by atoms with Gasteiger partial charge in [-0.1, -0.05) is 16.9 Å². The molecule has 0 radical (unpaired) electrons. The smallest absolute Gasteiger partial charge is 0.237 e. The quantitative estimate of drug-likeness (QED) is 0.403. The van der Waals surface area contributed by atoms with Crippen LogP contribution in [-0.2, 0) is 23.5 Å². The van der Waals surface area contributed by atoms with Crippen molar-refractivity contribution in [1.29, 1.82) is 0 Å². The number of hydrogen-bond donors (Lipinski definition) is 1. The third-order valence-corrected chi connectivity index (χ3v) is 5.13. The van der Waals surface area contributed by atoms with E-state index in [1.54, 1.807) is 24.5 Å². The number of nitrogens with two attached hydrogens (primary N) is 1. The van der Waals surface area contributed by atoms with Crippen LogP contribution in [0.25, 0.3) is 11.4 Å². The Morgan fingerprint density at radius 1 is 1.20 bits per heavy atom. The normalized spacial score (nSPS) is 11.1. The Bertz CT molecular complexity index is 1120. The number of primary amides is 1. The van der Waals surface area contributed by atoms with Crippen LogP contribution in [0, 0.1) is 5.82 Å². The molecule has 0 saturated carbocycles. The molecule has 30 heavy (non-hydrogen) atoms. The van der Waals surface area contributed by atoms with E-state index in [1.165, 1.54) is 23.9 Å². The summed E-state index contributed by atoms with van der Waals surface area (Å²) >= 11 is 1.36. The summed E-state index contributed by atoms with van der Waals surface area (Å²) in [4.78, 5) is 15.5. The molecule has 0 spiro atoms. The van der Waals surface area contributed by atoms with Crippen LogP contribution in [0.15, 0.2) is 56.8 Å². The van der Waals surface area contributed by atoms with E-state index in [2.05, 4.69) is 20.3 Å². The zero-order valence-corrected chi connectivity index (χ0v) is 16.5. The Kier molecular flexibility index (Phi) is 5.89. The molecular weight excluding hydrogens is 411 g/mol. The number of aryl methyl sites for hydroxylation is 1. The number of thioether (sulfide) groups is 1. The van der Waals surface area contributed by atoms with E-state index in [-0.39, 0.29) is 12.2 Å². The number of benzene rings is 1. The zero-order chi connectivity index (χ0) is 20.9. The van der Waals surface area contributed by atoms with Gasteiger partial charge in [0.05, 0.1) is 18.6 Å². The molecule has 3 heterocycles. The van der Waals surface area contributed by atoms with E-state index in [9.17, 15) is 9.18 Å². The molecule has 0 bridgehead atoms. The summed E-state index contributed by atoms with van der Waals surface area (Å²) in [5.41, 5.74) is 5.92. The van der Waals surface area contributed by atoms with Crippen molar-refractivity contribution >= 4 is 17.7 Å². The fourth-order valence-corrected chi connectivity index (χ4v) is 3.51. The second-order valence-corrected chi connectivity index (χ2v) is 7.28. The van der Waals surface area contributed by atoms with Gasteiger partial charge in [0.25, 0.3) is 0 Å². The minimum Gasteiger partial charge on any atom is -0.467 e. The summed E-state index contributed by atoms with van der Waals surface area (Å²) in [5.74, 6) is 1.76. The van der Waals surface area contributed by atoms with Gasteiger partial charge in [0.1, 0.15) is 17.4 Å². The molecule has 0 saturated heterocycles. The monoisotopic (exact) mass is 428 g/mol. The lowest BCUT2D eigenvalue weighted by Crippen LogP contribution is -2.14. The molecule has 9 nitrogen and oxygen atoms in total. The van der Waals surface area contributed by atoms with Crippen LogP contribution < -0.4 is 5.73 Å². The maximum atomic E-state index is 13.1. The van der Waals surface area contributed by atoms with Gasteiger partial charge in [-0.15, -0.1) is 10.2 Å². The number of rotatable bonds is 9. The molecule has 0 fully saturated rings. The van der Waals surface area contributed by atoms with E-state index >= 15 is 0 Å². The molecule has 1 aromatic carbocycles. The van der Waals surface area contributed by atoms with Crippen LogP contribution in [0.2, 0.25) is 0 Å². The molecule has 3 aromatic heterocycles. The van der Waals surface area contributed by atoms with Crippen LogP contribution in [-0.4, -0.2) is 30.8 Å². The lowest BCUT2D eigenvalue weighted by Gasteiger charge is -2.07. The number of amides is 1. The number of halogens is 1. The Balaban J connectivity index is 1.48. The number of carbonyl (C=O) groups is 1. The van der Waals surface area contributed by atoms with Gasteiger partial charge >= 0.3 is 0 Å². The number of hydrogen-bond acceptors (Lipinski definition) is 8. The predicted molar refractivity (Wildman–Crippen MR) is 105 cm³/mol. The second kappa shape index (κ2) is 8.91. The Labute approximate surface area is 174 Å². The molecule has 4 aromatic rings. The maximum Gasteiger partial charge on any atom is 0.237 e. The highest BCUT2D eigenvalue weighted by Gasteiger charge is 2.17. The van der Waals surface area contributed by atoms with E-state index in [4.69, 9.17) is 14.7 Å². The van der Waals surface area contributed by atoms with Crippen LogP contribution in [0.1, 0.15) is 23.9 Å². The topological polar surface area (TPSA) is 126 Å². The van der Waals surface area contributed by atoms with Crippen molar-refractivity contribution in [2.75, 3.05) is 0 Å². The third-order valence-electron chi connectivity index (χ3n) is 4.18. The number of aromatic nitrogens is 5. The highest BCUT2D eigenvalue weighted by Crippen LogP contribution is 2.24. The molecule has 0 atom stereocenters. The van der Waals surface area contributed by atoms with Crippen LogP contribution in [0.4, 0.5) is 4.39 Å². The first-order valence-electron chi connectivity index (χ1n) is 9.02. The molecule has 11 heteroatoms. The van der Waals surface area contributed by atoms with Crippen molar-refractivity contribution in [1.82, 2.24) is 24.9 Å². The number of carbonyl (C=O) groups excluding carboxylic acids is 1. The van der Waals surface area contributed by atoms with Crippen molar-refractivity contribution < 1.29 is 18.1 Å². The Morgan fingerprint density at radius 3 is 2.77 bits per heavy atom. The van der Waals surface area contributed by atoms with Gasteiger partial charge in [0, 0.05) is 18.4 Å². The SMILES string of the molecule is NC(=O)CCc1nnc(SCc2nc(-c3ccc(F)cc3)no2)n1Cc1ccco1. The molecule has 154 valence electrons. The molecule has 0 aliphatic rings. The van der Waals surface area contributed by atoms with Crippen LogP contribution in [0.3, 0.4) is 0 Å². The van der Waals surface area contributed by atoms with Gasteiger partial charge in [-0.25, -0.2) is 4.39 Å². The van der Waals surface area contributed by atoms with E-state index in [0.717, 1.165) is 5.76 Å². The summed E-state index contributed by atoms with van der Waals surface area (Å²) < 4.78 is 25.7. The van der Waals surface area contributed by atoms with Gasteiger partial charge < -0.3 is 14.7 Å². The Morgan fingerprint density at radius 2 is 2.03 bits per heavy atom. The third kappa shape index (κ3) is 4.74. The lowest BCUT2D eigenvalue weighted by atomic mass is 10.2. The standard InChI is InChI=1S/C19H17FN6O3S/c20-13-5-3-12(4-6-13)18-22-17(29-25-18)11-30-19-24-23-16(8-7-15(21)27)26(19)10-14-2-1-9-28-14/h1-6,9H,7-8,10-11H2,(H2,21,27). The van der Waals surface area contributed by atoms with Gasteiger partial charge in [-0.3, -0.25) is 9.36 Å². The highest BCUT2D eigenvalue weighted by atomic mass is 32.2. The summed E-state index contributed by atoms with van der Waals surface area (Å²) in [7, 11) is 0. The molecule has 0 aliphatic heterocycles. The molecular formula is C19H17FN6O3S. The minimum absolute atomic E-state index is 0.172.